The van der Waals surface area contributed by atoms with Gasteiger partial charge in [0.05, 0.1) is 17.3 Å². The van der Waals surface area contributed by atoms with Crippen molar-refractivity contribution in [3.8, 4) is 0 Å². The predicted molar refractivity (Wildman–Crippen MR) is 77.1 cm³/mol. The number of carbonyl (C=O) groups excluding carboxylic acids is 1. The summed E-state index contributed by atoms with van der Waals surface area (Å²) in [6.45, 7) is 1.21. The first-order chi connectivity index (χ1) is 9.04. The summed E-state index contributed by atoms with van der Waals surface area (Å²) in [5.41, 5.74) is 0.495. The summed E-state index contributed by atoms with van der Waals surface area (Å²) in [6.07, 6.45) is 0.753. The number of halogens is 3. The van der Waals surface area contributed by atoms with Gasteiger partial charge in [0.25, 0.3) is 0 Å². The molecule has 4 nitrogen and oxygen atoms in total. The number of carbonyl (C=O) groups is 1. The van der Waals surface area contributed by atoms with Gasteiger partial charge in [-0.05, 0) is 34.5 Å². The van der Waals surface area contributed by atoms with Gasteiger partial charge in [-0.1, -0.05) is 11.6 Å². The number of anilines is 1. The van der Waals surface area contributed by atoms with Crippen molar-refractivity contribution < 1.29 is 13.9 Å². The normalized spacial score (nSPS) is 10.3. The van der Waals surface area contributed by atoms with E-state index in [1.165, 1.54) is 12.1 Å². The summed E-state index contributed by atoms with van der Waals surface area (Å²) in [5.74, 6) is -0.602. The summed E-state index contributed by atoms with van der Waals surface area (Å²) in [7, 11) is 1.61. The fourth-order valence-corrected chi connectivity index (χ4v) is 2.35. The van der Waals surface area contributed by atoms with E-state index in [-0.39, 0.29) is 17.5 Å². The van der Waals surface area contributed by atoms with Crippen LogP contribution in [0, 0.1) is 5.82 Å². The predicted octanol–water partition coefficient (Wildman–Crippen LogP) is 2.81. The van der Waals surface area contributed by atoms with Crippen molar-refractivity contribution in [2.45, 2.75) is 6.42 Å². The first-order valence-corrected chi connectivity index (χ1v) is 6.85. The summed E-state index contributed by atoms with van der Waals surface area (Å²) in [6, 6.07) is 2.47. The van der Waals surface area contributed by atoms with E-state index >= 15 is 0 Å². The number of amides is 1. The van der Waals surface area contributed by atoms with Crippen LogP contribution < -0.4 is 10.6 Å². The van der Waals surface area contributed by atoms with E-state index in [0.29, 0.717) is 23.3 Å². The molecule has 0 bridgehead atoms. The van der Waals surface area contributed by atoms with Crippen molar-refractivity contribution >= 4 is 39.1 Å². The lowest BCUT2D eigenvalue weighted by Crippen LogP contribution is -2.31. The van der Waals surface area contributed by atoms with Crippen molar-refractivity contribution in [3.63, 3.8) is 0 Å². The van der Waals surface area contributed by atoms with Crippen molar-refractivity contribution in [1.82, 2.24) is 5.32 Å². The molecule has 0 radical (unpaired) electrons. The van der Waals surface area contributed by atoms with Crippen molar-refractivity contribution in [1.29, 1.82) is 0 Å². The van der Waals surface area contributed by atoms with Gasteiger partial charge in [0, 0.05) is 24.7 Å². The molecule has 0 aliphatic carbocycles. The van der Waals surface area contributed by atoms with Crippen molar-refractivity contribution in [2.75, 3.05) is 32.1 Å². The molecule has 106 valence electrons. The van der Waals surface area contributed by atoms with Crippen LogP contribution in [0.3, 0.4) is 0 Å². The quantitative estimate of drug-likeness (QED) is 0.741. The van der Waals surface area contributed by atoms with Crippen molar-refractivity contribution in [2.24, 2.45) is 0 Å². The Morgan fingerprint density at radius 3 is 2.89 bits per heavy atom. The van der Waals surface area contributed by atoms with Gasteiger partial charge < -0.3 is 15.4 Å². The SMILES string of the molecule is COCCCNC(=O)CNc1c(Cl)cc(F)cc1Br. The Morgan fingerprint density at radius 1 is 1.53 bits per heavy atom. The minimum Gasteiger partial charge on any atom is -0.385 e. The number of methoxy groups -OCH3 is 1. The van der Waals surface area contributed by atoms with E-state index in [1.54, 1.807) is 7.11 Å². The van der Waals surface area contributed by atoms with Gasteiger partial charge in [0.15, 0.2) is 0 Å². The number of nitrogens with one attached hydrogen (secondary N) is 2. The zero-order valence-electron chi connectivity index (χ0n) is 10.4. The molecule has 0 unspecified atom stereocenters. The average molecular weight is 354 g/mol. The Labute approximate surface area is 124 Å². The lowest BCUT2D eigenvalue weighted by atomic mass is 10.3. The summed E-state index contributed by atoms with van der Waals surface area (Å²) in [4.78, 5) is 11.5. The van der Waals surface area contributed by atoms with E-state index in [4.69, 9.17) is 16.3 Å². The third-order valence-corrected chi connectivity index (χ3v) is 3.20. The van der Waals surface area contributed by atoms with Crippen LogP contribution >= 0.6 is 27.5 Å². The summed E-state index contributed by atoms with van der Waals surface area (Å²) < 4.78 is 18.4. The van der Waals surface area contributed by atoms with Gasteiger partial charge in [-0.3, -0.25) is 4.79 Å². The maximum Gasteiger partial charge on any atom is 0.239 e. The molecule has 7 heteroatoms. The van der Waals surface area contributed by atoms with Gasteiger partial charge in [-0.2, -0.15) is 0 Å². The van der Waals surface area contributed by atoms with Crippen molar-refractivity contribution in [3.05, 3.63) is 27.4 Å². The Kier molecular flexibility index (Phi) is 7.12. The molecule has 0 heterocycles. The Balaban J connectivity index is 2.42. The molecule has 2 N–H and O–H groups in total. The first-order valence-electron chi connectivity index (χ1n) is 5.68. The van der Waals surface area contributed by atoms with Gasteiger partial charge in [0.1, 0.15) is 5.82 Å². The summed E-state index contributed by atoms with van der Waals surface area (Å²) in [5, 5.41) is 5.81. The van der Waals surface area contributed by atoms with E-state index in [2.05, 4.69) is 26.6 Å². The molecule has 0 spiro atoms. The second-order valence-electron chi connectivity index (χ2n) is 3.79. The molecule has 1 amide bonds. The molecule has 0 aliphatic rings. The van der Waals surface area contributed by atoms with Crippen LogP contribution in [-0.4, -0.2) is 32.7 Å². The van der Waals surface area contributed by atoms with E-state index in [1.807, 2.05) is 0 Å². The van der Waals surface area contributed by atoms with Gasteiger partial charge in [0.2, 0.25) is 5.91 Å². The molecule has 1 aromatic rings. The molecule has 0 saturated heterocycles. The second-order valence-corrected chi connectivity index (χ2v) is 5.06. The highest BCUT2D eigenvalue weighted by Crippen LogP contribution is 2.31. The minimum atomic E-state index is -0.438. The number of benzene rings is 1. The van der Waals surface area contributed by atoms with Gasteiger partial charge in [-0.15, -0.1) is 0 Å². The topological polar surface area (TPSA) is 50.4 Å². The second kappa shape index (κ2) is 8.35. The number of ether oxygens (including phenoxy) is 1. The van der Waals surface area contributed by atoms with E-state index in [9.17, 15) is 9.18 Å². The van der Waals surface area contributed by atoms with Crippen LogP contribution in [0.1, 0.15) is 6.42 Å². The molecule has 0 aliphatic heterocycles. The maximum absolute atomic E-state index is 13.0. The standard InChI is InChI=1S/C12H15BrClFN2O2/c1-19-4-2-3-16-11(18)7-17-12-9(13)5-8(15)6-10(12)14/h5-6,17H,2-4,7H2,1H3,(H,16,18). The highest BCUT2D eigenvalue weighted by molar-refractivity contribution is 9.10. The minimum absolute atomic E-state index is 0.0664. The van der Waals surface area contributed by atoms with Gasteiger partial charge >= 0.3 is 0 Å². The molecular formula is C12H15BrClFN2O2. The molecule has 0 fully saturated rings. The zero-order chi connectivity index (χ0) is 14.3. The van der Waals surface area contributed by atoms with Crippen LogP contribution in [0.5, 0.6) is 0 Å². The Hall–Kier alpha value is -0.850. The number of rotatable bonds is 7. The Bertz CT molecular complexity index is 423. The van der Waals surface area contributed by atoms with E-state index < -0.39 is 5.82 Å². The summed E-state index contributed by atoms with van der Waals surface area (Å²) >= 11 is 9.07. The van der Waals surface area contributed by atoms with Crippen LogP contribution in [-0.2, 0) is 9.53 Å². The van der Waals surface area contributed by atoms with Crippen LogP contribution in [0.25, 0.3) is 0 Å². The smallest absolute Gasteiger partial charge is 0.239 e. The Morgan fingerprint density at radius 2 is 2.26 bits per heavy atom. The first kappa shape index (κ1) is 16.2. The lowest BCUT2D eigenvalue weighted by molar-refractivity contribution is -0.119. The highest BCUT2D eigenvalue weighted by atomic mass is 79.9. The van der Waals surface area contributed by atoms with Crippen LogP contribution in [0.4, 0.5) is 10.1 Å². The number of hydrogen-bond donors (Lipinski definition) is 2. The fourth-order valence-electron chi connectivity index (χ4n) is 1.39. The molecular weight excluding hydrogens is 338 g/mol. The van der Waals surface area contributed by atoms with Crippen LogP contribution in [0.15, 0.2) is 16.6 Å². The average Bonchev–Trinajstić information content (AvgIpc) is 2.33. The molecule has 1 rings (SSSR count). The zero-order valence-corrected chi connectivity index (χ0v) is 12.8. The third-order valence-electron chi connectivity index (χ3n) is 2.28. The molecule has 0 saturated carbocycles. The molecule has 0 atom stereocenters. The van der Waals surface area contributed by atoms with E-state index in [0.717, 1.165) is 6.42 Å². The highest BCUT2D eigenvalue weighted by Gasteiger charge is 2.09. The molecule has 19 heavy (non-hydrogen) atoms. The third kappa shape index (κ3) is 5.76. The number of hydrogen-bond acceptors (Lipinski definition) is 3. The lowest BCUT2D eigenvalue weighted by Gasteiger charge is -2.11. The fraction of sp³-hybridized carbons (Fsp3) is 0.417. The largest absolute Gasteiger partial charge is 0.385 e. The monoisotopic (exact) mass is 352 g/mol. The maximum atomic E-state index is 13.0. The van der Waals surface area contributed by atoms with Gasteiger partial charge in [-0.25, -0.2) is 4.39 Å². The van der Waals surface area contributed by atoms with Crippen LogP contribution in [0.2, 0.25) is 5.02 Å². The molecule has 0 aromatic heterocycles. The molecule has 1 aromatic carbocycles.